The summed E-state index contributed by atoms with van der Waals surface area (Å²) >= 11 is 0. The van der Waals surface area contributed by atoms with Crippen molar-refractivity contribution in [3.8, 4) is 56.4 Å². The van der Waals surface area contributed by atoms with Crippen LogP contribution in [-0.2, 0) is 5.41 Å². The van der Waals surface area contributed by atoms with Gasteiger partial charge < -0.3 is 9.47 Å². The minimum atomic E-state index is 0.0547. The Morgan fingerprint density at radius 1 is 0.432 bits per heavy atom. The molecule has 8 rings (SSSR count). The molecule has 2 nitrogen and oxygen atoms in total. The van der Waals surface area contributed by atoms with E-state index in [2.05, 4.69) is 78.9 Å². The molecule has 2 aliphatic rings. The van der Waals surface area contributed by atoms with E-state index in [0.29, 0.717) is 0 Å². The second kappa shape index (κ2) is 11.2. The van der Waals surface area contributed by atoms with Crippen molar-refractivity contribution in [3.63, 3.8) is 0 Å². The highest BCUT2D eigenvalue weighted by Crippen LogP contribution is 2.57. The van der Waals surface area contributed by atoms with Crippen LogP contribution in [0.4, 0.5) is 0 Å². The third-order valence-corrected chi connectivity index (χ3v) is 9.41. The monoisotopic (exact) mass is 571 g/mol. The Morgan fingerprint density at radius 3 is 1.66 bits per heavy atom. The zero-order valence-electron chi connectivity index (χ0n) is 24.7. The molecule has 44 heavy (non-hydrogen) atoms. The SMILES string of the molecule is c1ccc(Oc2cccc(-c3ccc4c(c3)C3(CCCCC3)c3cc(-c5cccc([OH+]c6ccccc6)c5)ccc3-4)c2)cc1. The summed E-state index contributed by atoms with van der Waals surface area (Å²) in [5.41, 5.74) is 10.7. The summed E-state index contributed by atoms with van der Waals surface area (Å²) in [4.78, 5) is 0. The zero-order valence-corrected chi connectivity index (χ0v) is 24.7. The first-order valence-electron chi connectivity index (χ1n) is 15.8. The lowest BCUT2D eigenvalue weighted by molar-refractivity contribution is 0.199. The molecule has 0 saturated heterocycles. The van der Waals surface area contributed by atoms with E-state index in [1.54, 1.807) is 0 Å². The highest BCUT2D eigenvalue weighted by molar-refractivity contribution is 5.86. The third kappa shape index (κ3) is 4.87. The molecular formula is C42H35O2+. The maximum absolute atomic E-state index is 6.18. The quantitative estimate of drug-likeness (QED) is 0.182. The Labute approximate surface area is 259 Å². The minimum absolute atomic E-state index is 0.0547. The van der Waals surface area contributed by atoms with E-state index >= 15 is 0 Å². The Kier molecular flexibility index (Phi) is 6.76. The van der Waals surface area contributed by atoms with Crippen LogP contribution in [0.25, 0.3) is 33.4 Å². The first-order valence-corrected chi connectivity index (χ1v) is 15.8. The van der Waals surface area contributed by atoms with E-state index in [1.165, 1.54) is 76.6 Å². The summed E-state index contributed by atoms with van der Waals surface area (Å²) in [5, 5.41) is 0. The average molecular weight is 572 g/mol. The van der Waals surface area contributed by atoms with Gasteiger partial charge in [-0.25, -0.2) is 0 Å². The molecule has 0 bridgehead atoms. The van der Waals surface area contributed by atoms with Crippen molar-refractivity contribution >= 4 is 0 Å². The molecule has 0 aliphatic heterocycles. The second-order valence-electron chi connectivity index (χ2n) is 12.1. The van der Waals surface area contributed by atoms with Gasteiger partial charge in [0.1, 0.15) is 11.5 Å². The van der Waals surface area contributed by atoms with Crippen LogP contribution in [0, 0.1) is 0 Å². The number of benzene rings is 6. The van der Waals surface area contributed by atoms with Gasteiger partial charge in [0, 0.05) is 29.7 Å². The number of para-hydroxylation sites is 2. The fraction of sp³-hybridized carbons (Fsp3) is 0.143. The van der Waals surface area contributed by atoms with E-state index in [9.17, 15) is 0 Å². The molecule has 0 radical (unpaired) electrons. The largest absolute Gasteiger partial charge is 0.546 e. The van der Waals surface area contributed by atoms with Gasteiger partial charge in [0.05, 0.1) is 0 Å². The fourth-order valence-electron chi connectivity index (χ4n) is 7.32. The van der Waals surface area contributed by atoms with E-state index in [-0.39, 0.29) is 5.41 Å². The van der Waals surface area contributed by atoms with E-state index in [0.717, 1.165) is 23.0 Å². The van der Waals surface area contributed by atoms with Crippen LogP contribution in [0.15, 0.2) is 146 Å². The van der Waals surface area contributed by atoms with Gasteiger partial charge in [-0.3, -0.25) is 0 Å². The number of fused-ring (bicyclic) bond motifs is 5. The molecule has 0 heterocycles. The molecule has 0 amide bonds. The van der Waals surface area contributed by atoms with Crippen molar-refractivity contribution in [2.45, 2.75) is 37.5 Å². The standard InChI is InChI=1S/C42H34O2/c1-4-14-34(15-5-1)43-36-18-10-12-30(26-36)32-20-22-38-39-23-21-33(29-41(39)42(40(38)28-32)24-8-3-9-25-42)31-13-11-19-37(27-31)44-35-16-6-2-7-17-35/h1-2,4-7,10-23,26-29H,3,8-9,24-25H2/p+1. The third-order valence-electron chi connectivity index (χ3n) is 9.41. The number of rotatable bonds is 6. The highest BCUT2D eigenvalue weighted by Gasteiger charge is 2.44. The van der Waals surface area contributed by atoms with E-state index in [1.807, 2.05) is 66.7 Å². The van der Waals surface area contributed by atoms with Crippen LogP contribution in [0.1, 0.15) is 43.2 Å². The van der Waals surface area contributed by atoms with Gasteiger partial charge in [-0.05, 0) is 93.7 Å². The lowest BCUT2D eigenvalue weighted by Gasteiger charge is -2.36. The van der Waals surface area contributed by atoms with Crippen molar-refractivity contribution in [1.82, 2.24) is 0 Å². The summed E-state index contributed by atoms with van der Waals surface area (Å²) in [5.74, 6) is 3.66. The van der Waals surface area contributed by atoms with Gasteiger partial charge in [-0.15, -0.1) is 0 Å². The van der Waals surface area contributed by atoms with Gasteiger partial charge >= 0.3 is 0 Å². The molecule has 2 heteroatoms. The van der Waals surface area contributed by atoms with Gasteiger partial charge in [0.25, 0.3) is 11.5 Å². The Balaban J connectivity index is 1.16. The molecule has 0 atom stereocenters. The van der Waals surface area contributed by atoms with Crippen molar-refractivity contribution in [1.29, 1.82) is 0 Å². The molecule has 1 spiro atoms. The van der Waals surface area contributed by atoms with Crippen LogP contribution in [0.3, 0.4) is 0 Å². The molecule has 6 aromatic carbocycles. The molecule has 1 fully saturated rings. The summed E-state index contributed by atoms with van der Waals surface area (Å²) < 4.78 is 11.1. The smallest absolute Gasteiger partial charge is 0.261 e. The summed E-state index contributed by atoms with van der Waals surface area (Å²) in [6.45, 7) is 0. The molecular weight excluding hydrogens is 536 g/mol. The predicted octanol–water partition coefficient (Wildman–Crippen LogP) is 11.7. The van der Waals surface area contributed by atoms with Crippen molar-refractivity contribution in [3.05, 3.63) is 157 Å². The first kappa shape index (κ1) is 26.5. The zero-order chi connectivity index (χ0) is 29.3. The molecule has 0 aromatic heterocycles. The van der Waals surface area contributed by atoms with Crippen LogP contribution in [-0.4, -0.2) is 4.74 Å². The lowest BCUT2D eigenvalue weighted by Crippen LogP contribution is -2.28. The highest BCUT2D eigenvalue weighted by atomic mass is 16.5. The van der Waals surface area contributed by atoms with Gasteiger partial charge in [0.2, 0.25) is 0 Å². The molecule has 0 unspecified atom stereocenters. The summed E-state index contributed by atoms with van der Waals surface area (Å²) in [6, 6.07) is 51.6. The maximum Gasteiger partial charge on any atom is 0.261 e. The van der Waals surface area contributed by atoms with Crippen LogP contribution in [0.2, 0.25) is 0 Å². The molecule has 1 saturated carbocycles. The van der Waals surface area contributed by atoms with Gasteiger partial charge in [-0.1, -0.05) is 104 Å². The average Bonchev–Trinajstić information content (AvgIpc) is 3.34. The van der Waals surface area contributed by atoms with Crippen molar-refractivity contribution in [2.24, 2.45) is 0 Å². The van der Waals surface area contributed by atoms with Crippen LogP contribution >= 0.6 is 0 Å². The maximum atomic E-state index is 6.18. The van der Waals surface area contributed by atoms with Crippen molar-refractivity contribution < 1.29 is 9.47 Å². The fourth-order valence-corrected chi connectivity index (χ4v) is 7.32. The number of ether oxygens (including phenoxy) is 2. The first-order chi connectivity index (χ1) is 21.7. The topological polar surface area (TPSA) is 22.0 Å². The lowest BCUT2D eigenvalue weighted by atomic mass is 9.67. The second-order valence-corrected chi connectivity index (χ2v) is 12.1. The predicted molar refractivity (Wildman–Crippen MR) is 181 cm³/mol. The number of hydrogen-bond donors (Lipinski definition) is 0. The number of aromatic hydroxyl groups is 2. The summed E-state index contributed by atoms with van der Waals surface area (Å²) in [7, 11) is 0. The normalized spacial score (nSPS) is 14.5. The molecule has 1 N–H and O–H groups in total. The van der Waals surface area contributed by atoms with E-state index in [4.69, 9.17) is 9.47 Å². The van der Waals surface area contributed by atoms with Gasteiger partial charge in [-0.2, -0.15) is 0 Å². The van der Waals surface area contributed by atoms with Crippen LogP contribution < -0.4 is 4.74 Å². The Morgan fingerprint density at radius 2 is 0.977 bits per heavy atom. The Hall–Kier alpha value is -5.08. The minimum Gasteiger partial charge on any atom is -0.546 e. The molecule has 6 aromatic rings. The van der Waals surface area contributed by atoms with E-state index < -0.39 is 0 Å². The van der Waals surface area contributed by atoms with Crippen molar-refractivity contribution in [2.75, 3.05) is 0 Å². The molecule has 2 aliphatic carbocycles. The van der Waals surface area contributed by atoms with Crippen LogP contribution in [0.5, 0.6) is 23.0 Å². The molecule has 214 valence electrons. The summed E-state index contributed by atoms with van der Waals surface area (Å²) in [6.07, 6.45) is 6.23. The number of hydrogen-bond acceptors (Lipinski definition) is 1. The Bertz CT molecular complexity index is 1800. The van der Waals surface area contributed by atoms with Gasteiger partial charge in [0.15, 0.2) is 0 Å².